The van der Waals surface area contributed by atoms with Gasteiger partial charge in [-0.15, -0.1) is 0 Å². The molecule has 0 saturated carbocycles. The summed E-state index contributed by atoms with van der Waals surface area (Å²) >= 11 is 0. The molecule has 0 saturated heterocycles. The van der Waals surface area contributed by atoms with Crippen LogP contribution in [0.4, 0.5) is 4.79 Å². The smallest absolute Gasteiger partial charge is 0.429 e. The first-order valence-corrected chi connectivity index (χ1v) is 8.86. The Morgan fingerprint density at radius 3 is 2.27 bits per heavy atom. The molecule has 0 aliphatic rings. The van der Waals surface area contributed by atoms with E-state index in [0.29, 0.717) is 0 Å². The summed E-state index contributed by atoms with van der Waals surface area (Å²) < 4.78 is 10.1. The van der Waals surface area contributed by atoms with E-state index < -0.39 is 14.5 Å². The van der Waals surface area contributed by atoms with Crippen molar-refractivity contribution < 1.29 is 19.0 Å². The summed E-state index contributed by atoms with van der Waals surface area (Å²) in [4.78, 5) is 15.8. The van der Waals surface area contributed by atoms with Gasteiger partial charge < -0.3 is 4.74 Å². The SMILES string of the molecule is CCCC(CC)OC(=O)OO[Si](C)(C)C. The Labute approximate surface area is 93.0 Å². The van der Waals surface area contributed by atoms with Gasteiger partial charge in [-0.05, 0) is 32.5 Å². The van der Waals surface area contributed by atoms with E-state index in [0.717, 1.165) is 19.3 Å². The molecule has 4 nitrogen and oxygen atoms in total. The number of hydrogen-bond acceptors (Lipinski definition) is 4. The van der Waals surface area contributed by atoms with Gasteiger partial charge in [-0.25, -0.2) is 9.37 Å². The van der Waals surface area contributed by atoms with Gasteiger partial charge in [-0.2, -0.15) is 0 Å². The molecule has 5 heteroatoms. The van der Waals surface area contributed by atoms with Crippen LogP contribution in [0.5, 0.6) is 0 Å². The zero-order valence-corrected chi connectivity index (χ0v) is 11.3. The maximum atomic E-state index is 11.2. The van der Waals surface area contributed by atoms with Gasteiger partial charge in [0.15, 0.2) is 0 Å². The Balaban J connectivity index is 3.81. The van der Waals surface area contributed by atoms with Crippen LogP contribution in [0, 0.1) is 0 Å². The molecule has 0 rings (SSSR count). The highest BCUT2D eigenvalue weighted by atomic mass is 28.4. The van der Waals surface area contributed by atoms with Crippen LogP contribution in [0.15, 0.2) is 0 Å². The minimum absolute atomic E-state index is 0.0623. The normalized spacial score (nSPS) is 13.4. The van der Waals surface area contributed by atoms with Crippen molar-refractivity contribution in [3.05, 3.63) is 0 Å². The average Bonchev–Trinajstić information content (AvgIpc) is 2.13. The minimum atomic E-state index is -1.82. The van der Waals surface area contributed by atoms with Crippen molar-refractivity contribution in [1.29, 1.82) is 0 Å². The zero-order chi connectivity index (χ0) is 11.9. The number of carbonyl (C=O) groups excluding carboxylic acids is 1. The lowest BCUT2D eigenvalue weighted by Gasteiger charge is -2.17. The lowest BCUT2D eigenvalue weighted by Crippen LogP contribution is -2.28. The van der Waals surface area contributed by atoms with Crippen LogP contribution >= 0.6 is 0 Å². The highest BCUT2D eigenvalue weighted by Crippen LogP contribution is 2.09. The van der Waals surface area contributed by atoms with Gasteiger partial charge in [-0.1, -0.05) is 20.3 Å². The topological polar surface area (TPSA) is 44.8 Å². The molecular formula is C10H22O4Si. The minimum Gasteiger partial charge on any atom is -0.429 e. The van der Waals surface area contributed by atoms with E-state index in [1.807, 2.05) is 26.6 Å². The molecule has 0 aliphatic carbocycles. The van der Waals surface area contributed by atoms with Crippen LogP contribution in [0.2, 0.25) is 19.6 Å². The summed E-state index contributed by atoms with van der Waals surface area (Å²) in [5.74, 6) is 0. The van der Waals surface area contributed by atoms with Crippen LogP contribution in [0.25, 0.3) is 0 Å². The van der Waals surface area contributed by atoms with E-state index in [1.165, 1.54) is 0 Å². The maximum Gasteiger partial charge on any atom is 0.539 e. The maximum absolute atomic E-state index is 11.2. The average molecular weight is 234 g/mol. The van der Waals surface area contributed by atoms with E-state index in [2.05, 4.69) is 11.8 Å². The number of hydrogen-bond donors (Lipinski definition) is 0. The van der Waals surface area contributed by atoms with Gasteiger partial charge in [0.05, 0.1) is 0 Å². The molecule has 0 fully saturated rings. The van der Waals surface area contributed by atoms with E-state index in [-0.39, 0.29) is 6.10 Å². The molecule has 0 aromatic heterocycles. The first-order chi connectivity index (χ1) is 6.89. The van der Waals surface area contributed by atoms with Crippen molar-refractivity contribution in [3.8, 4) is 0 Å². The van der Waals surface area contributed by atoms with E-state index in [4.69, 9.17) is 9.31 Å². The summed E-state index contributed by atoms with van der Waals surface area (Å²) in [5.41, 5.74) is 0. The highest BCUT2D eigenvalue weighted by Gasteiger charge is 2.21. The van der Waals surface area contributed by atoms with Crippen LogP contribution in [0.1, 0.15) is 33.1 Å². The predicted molar refractivity (Wildman–Crippen MR) is 61.0 cm³/mol. The Bertz CT molecular complexity index is 188. The third kappa shape index (κ3) is 8.44. The lowest BCUT2D eigenvalue weighted by atomic mass is 10.2. The zero-order valence-electron chi connectivity index (χ0n) is 10.3. The Morgan fingerprint density at radius 1 is 1.27 bits per heavy atom. The van der Waals surface area contributed by atoms with Crippen molar-refractivity contribution in [2.24, 2.45) is 0 Å². The van der Waals surface area contributed by atoms with Crippen LogP contribution in [-0.2, 0) is 14.2 Å². The Kier molecular flexibility index (Phi) is 6.59. The first kappa shape index (κ1) is 14.4. The fraction of sp³-hybridized carbons (Fsp3) is 0.900. The highest BCUT2D eigenvalue weighted by molar-refractivity contribution is 6.69. The van der Waals surface area contributed by atoms with E-state index >= 15 is 0 Å². The van der Waals surface area contributed by atoms with Gasteiger partial charge >= 0.3 is 6.16 Å². The summed E-state index contributed by atoms with van der Waals surface area (Å²) in [7, 11) is -1.82. The van der Waals surface area contributed by atoms with Gasteiger partial charge in [0.25, 0.3) is 0 Å². The number of rotatable bonds is 6. The molecule has 0 amide bonds. The molecule has 1 atom stereocenters. The van der Waals surface area contributed by atoms with Crippen molar-refractivity contribution >= 4 is 14.5 Å². The Hall–Kier alpha value is -0.553. The molecule has 0 spiro atoms. The monoisotopic (exact) mass is 234 g/mol. The predicted octanol–water partition coefficient (Wildman–Crippen LogP) is 3.48. The molecule has 0 radical (unpaired) electrons. The third-order valence-corrected chi connectivity index (χ3v) is 2.27. The molecule has 0 aliphatic heterocycles. The molecule has 0 aromatic rings. The van der Waals surface area contributed by atoms with Gasteiger partial charge in [0, 0.05) is 0 Å². The van der Waals surface area contributed by atoms with Crippen molar-refractivity contribution in [3.63, 3.8) is 0 Å². The lowest BCUT2D eigenvalue weighted by molar-refractivity contribution is -0.183. The number of carbonyl (C=O) groups is 1. The first-order valence-electron chi connectivity index (χ1n) is 5.45. The molecule has 15 heavy (non-hydrogen) atoms. The van der Waals surface area contributed by atoms with Crippen molar-refractivity contribution in [2.75, 3.05) is 0 Å². The van der Waals surface area contributed by atoms with Crippen LogP contribution < -0.4 is 0 Å². The van der Waals surface area contributed by atoms with Crippen molar-refractivity contribution in [2.45, 2.75) is 58.9 Å². The second kappa shape index (κ2) is 6.84. The standard InChI is InChI=1S/C10H22O4Si/c1-6-8-9(7-2)12-10(11)13-14-15(3,4)5/h9H,6-8H2,1-5H3. The molecule has 0 aromatic carbocycles. The number of ether oxygens (including phenoxy) is 1. The summed E-state index contributed by atoms with van der Waals surface area (Å²) in [6.07, 6.45) is 1.86. The fourth-order valence-corrected chi connectivity index (χ4v) is 1.30. The van der Waals surface area contributed by atoms with Crippen molar-refractivity contribution in [1.82, 2.24) is 0 Å². The van der Waals surface area contributed by atoms with Crippen LogP contribution in [0.3, 0.4) is 0 Å². The second-order valence-corrected chi connectivity index (χ2v) is 8.86. The van der Waals surface area contributed by atoms with Gasteiger partial charge in [0.2, 0.25) is 8.32 Å². The van der Waals surface area contributed by atoms with Gasteiger partial charge in [-0.3, -0.25) is 4.89 Å². The van der Waals surface area contributed by atoms with E-state index in [1.54, 1.807) is 0 Å². The molecular weight excluding hydrogens is 212 g/mol. The van der Waals surface area contributed by atoms with Gasteiger partial charge in [0.1, 0.15) is 6.10 Å². The van der Waals surface area contributed by atoms with E-state index in [9.17, 15) is 4.79 Å². The molecule has 0 heterocycles. The molecule has 0 bridgehead atoms. The third-order valence-electron chi connectivity index (χ3n) is 1.69. The molecule has 0 N–H and O–H groups in total. The summed E-state index contributed by atoms with van der Waals surface area (Å²) in [5, 5.41) is 0. The summed E-state index contributed by atoms with van der Waals surface area (Å²) in [6, 6.07) is 0. The Morgan fingerprint density at radius 2 is 1.87 bits per heavy atom. The summed E-state index contributed by atoms with van der Waals surface area (Å²) in [6.45, 7) is 9.83. The molecule has 90 valence electrons. The fourth-order valence-electron chi connectivity index (χ4n) is 0.983. The quantitative estimate of drug-likeness (QED) is 0.305. The second-order valence-electron chi connectivity index (χ2n) is 4.47. The van der Waals surface area contributed by atoms with Crippen LogP contribution in [-0.4, -0.2) is 20.6 Å². The largest absolute Gasteiger partial charge is 0.539 e. The molecule has 1 unspecified atom stereocenters.